The molecule has 0 aromatic carbocycles. The average molecular weight is 277 g/mol. The number of unbranched alkanes of at least 4 members (excludes halogenated alkanes) is 10. The summed E-state index contributed by atoms with van der Waals surface area (Å²) in [6.07, 6.45) is 17.1. The fourth-order valence-corrected chi connectivity index (χ4v) is 2.65. The van der Waals surface area contributed by atoms with Crippen molar-refractivity contribution in [1.82, 2.24) is 4.98 Å². The highest BCUT2D eigenvalue weighted by molar-refractivity contribution is 5.71. The van der Waals surface area contributed by atoms with Gasteiger partial charge in [-0.05, 0) is 25.0 Å². The summed E-state index contributed by atoms with van der Waals surface area (Å²) in [6.45, 7) is 2.27. The first-order valence-electron chi connectivity index (χ1n) is 8.50. The lowest BCUT2D eigenvalue weighted by atomic mass is 10.0. The van der Waals surface area contributed by atoms with Crippen LogP contribution >= 0.6 is 0 Å². The van der Waals surface area contributed by atoms with Crippen LogP contribution in [0.4, 0.5) is 0 Å². The van der Waals surface area contributed by atoms with Crippen LogP contribution in [0.2, 0.25) is 0 Å². The summed E-state index contributed by atoms with van der Waals surface area (Å²) in [7, 11) is 0. The lowest BCUT2D eigenvalue weighted by Crippen LogP contribution is -1.88. The van der Waals surface area contributed by atoms with Crippen molar-refractivity contribution >= 4 is 6.29 Å². The van der Waals surface area contributed by atoms with E-state index in [1.807, 2.05) is 12.1 Å². The normalized spacial score (nSPS) is 10.8. The number of H-pyrrole nitrogens is 1. The summed E-state index contributed by atoms with van der Waals surface area (Å²) >= 11 is 0. The van der Waals surface area contributed by atoms with Gasteiger partial charge in [0.05, 0.1) is 5.69 Å². The van der Waals surface area contributed by atoms with E-state index in [0.29, 0.717) is 5.69 Å². The summed E-state index contributed by atoms with van der Waals surface area (Å²) < 4.78 is 0. The Bertz CT molecular complexity index is 343. The van der Waals surface area contributed by atoms with Gasteiger partial charge in [-0.2, -0.15) is 0 Å². The minimum absolute atomic E-state index is 0.697. The molecule has 1 aromatic heterocycles. The molecule has 20 heavy (non-hydrogen) atoms. The van der Waals surface area contributed by atoms with Crippen molar-refractivity contribution in [2.45, 2.75) is 84.0 Å². The second-order valence-electron chi connectivity index (χ2n) is 5.84. The molecule has 1 rings (SSSR count). The number of hydrogen-bond donors (Lipinski definition) is 1. The monoisotopic (exact) mass is 277 g/mol. The van der Waals surface area contributed by atoms with Crippen molar-refractivity contribution in [3.8, 4) is 0 Å². The van der Waals surface area contributed by atoms with Crippen LogP contribution in [-0.4, -0.2) is 11.3 Å². The number of nitrogens with one attached hydrogen (secondary N) is 1. The molecule has 2 heteroatoms. The SMILES string of the molecule is CCCCCCCCCCCCCc1ccc(C=O)[nH]1. The van der Waals surface area contributed by atoms with E-state index < -0.39 is 0 Å². The van der Waals surface area contributed by atoms with Crippen LogP contribution in [0.25, 0.3) is 0 Å². The molecule has 0 fully saturated rings. The van der Waals surface area contributed by atoms with Gasteiger partial charge in [-0.1, -0.05) is 71.1 Å². The Morgan fingerprint density at radius 1 is 0.850 bits per heavy atom. The van der Waals surface area contributed by atoms with E-state index in [2.05, 4.69) is 11.9 Å². The van der Waals surface area contributed by atoms with Crippen LogP contribution in [0.5, 0.6) is 0 Å². The van der Waals surface area contributed by atoms with Gasteiger partial charge in [0.1, 0.15) is 0 Å². The first-order valence-corrected chi connectivity index (χ1v) is 8.50. The highest BCUT2D eigenvalue weighted by Crippen LogP contribution is 2.12. The molecule has 0 unspecified atom stereocenters. The number of carbonyl (C=O) groups is 1. The van der Waals surface area contributed by atoms with Gasteiger partial charge in [-0.15, -0.1) is 0 Å². The van der Waals surface area contributed by atoms with Crippen molar-refractivity contribution in [3.63, 3.8) is 0 Å². The predicted molar refractivity (Wildman–Crippen MR) is 86.3 cm³/mol. The lowest BCUT2D eigenvalue weighted by molar-refractivity contribution is 0.111. The topological polar surface area (TPSA) is 32.9 Å². The van der Waals surface area contributed by atoms with E-state index in [0.717, 1.165) is 12.7 Å². The molecule has 1 aromatic rings. The Balaban J connectivity index is 1.84. The van der Waals surface area contributed by atoms with Gasteiger partial charge >= 0.3 is 0 Å². The highest BCUT2D eigenvalue weighted by Gasteiger charge is 1.98. The standard InChI is InChI=1S/C18H31NO/c1-2-3-4-5-6-7-8-9-10-11-12-13-17-14-15-18(16-20)19-17/h14-16,19H,2-13H2,1H3. The Morgan fingerprint density at radius 2 is 1.40 bits per heavy atom. The maximum atomic E-state index is 10.5. The molecule has 0 aliphatic carbocycles. The molecule has 1 N–H and O–H groups in total. The molecular formula is C18H31NO. The number of hydrogen-bond acceptors (Lipinski definition) is 1. The van der Waals surface area contributed by atoms with Gasteiger partial charge in [0.2, 0.25) is 0 Å². The summed E-state index contributed by atoms with van der Waals surface area (Å²) in [5, 5.41) is 0. The van der Waals surface area contributed by atoms with E-state index >= 15 is 0 Å². The molecule has 0 saturated heterocycles. The van der Waals surface area contributed by atoms with Crippen LogP contribution in [0, 0.1) is 0 Å². The number of aryl methyl sites for hydroxylation is 1. The van der Waals surface area contributed by atoms with Crippen molar-refractivity contribution in [3.05, 3.63) is 23.5 Å². The highest BCUT2D eigenvalue weighted by atomic mass is 16.1. The first-order chi connectivity index (χ1) is 9.86. The quantitative estimate of drug-likeness (QED) is 0.365. The maximum Gasteiger partial charge on any atom is 0.166 e. The van der Waals surface area contributed by atoms with Crippen molar-refractivity contribution in [1.29, 1.82) is 0 Å². The summed E-state index contributed by atoms with van der Waals surface area (Å²) in [6, 6.07) is 3.89. The van der Waals surface area contributed by atoms with Gasteiger partial charge in [-0.25, -0.2) is 0 Å². The minimum Gasteiger partial charge on any atom is -0.356 e. The molecule has 0 radical (unpaired) electrons. The Kier molecular flexibility index (Phi) is 9.99. The van der Waals surface area contributed by atoms with Gasteiger partial charge in [-0.3, -0.25) is 4.79 Å². The molecule has 0 bridgehead atoms. The van der Waals surface area contributed by atoms with E-state index in [1.54, 1.807) is 0 Å². The lowest BCUT2D eigenvalue weighted by Gasteiger charge is -2.02. The third kappa shape index (κ3) is 8.19. The average Bonchev–Trinajstić information content (AvgIpc) is 2.93. The van der Waals surface area contributed by atoms with Gasteiger partial charge in [0.25, 0.3) is 0 Å². The summed E-state index contributed by atoms with van der Waals surface area (Å²) in [5.41, 5.74) is 1.89. The predicted octanol–water partition coefficient (Wildman–Crippen LogP) is 5.68. The summed E-state index contributed by atoms with van der Waals surface area (Å²) in [4.78, 5) is 13.7. The molecule has 0 aliphatic rings. The van der Waals surface area contributed by atoms with E-state index in [4.69, 9.17) is 0 Å². The third-order valence-electron chi connectivity index (χ3n) is 3.95. The van der Waals surface area contributed by atoms with Crippen molar-refractivity contribution < 1.29 is 4.79 Å². The van der Waals surface area contributed by atoms with Crippen LogP contribution in [0.1, 0.15) is 93.7 Å². The molecular weight excluding hydrogens is 246 g/mol. The van der Waals surface area contributed by atoms with Crippen LogP contribution in [0.15, 0.2) is 12.1 Å². The van der Waals surface area contributed by atoms with Crippen LogP contribution in [-0.2, 0) is 6.42 Å². The Labute approximate surface area is 124 Å². The Hall–Kier alpha value is -1.05. The minimum atomic E-state index is 0.697. The van der Waals surface area contributed by atoms with Gasteiger partial charge < -0.3 is 4.98 Å². The number of rotatable bonds is 13. The Morgan fingerprint density at radius 3 is 1.90 bits per heavy atom. The molecule has 114 valence electrons. The largest absolute Gasteiger partial charge is 0.356 e. The zero-order chi connectivity index (χ0) is 14.5. The molecule has 1 heterocycles. The smallest absolute Gasteiger partial charge is 0.166 e. The van der Waals surface area contributed by atoms with Crippen molar-refractivity contribution in [2.24, 2.45) is 0 Å². The van der Waals surface area contributed by atoms with Crippen LogP contribution < -0.4 is 0 Å². The third-order valence-corrected chi connectivity index (χ3v) is 3.95. The fourth-order valence-electron chi connectivity index (χ4n) is 2.65. The van der Waals surface area contributed by atoms with E-state index in [1.165, 1.54) is 76.3 Å². The number of aldehydes is 1. The number of aromatic nitrogens is 1. The number of carbonyl (C=O) groups excluding carboxylic acids is 1. The molecule has 0 saturated carbocycles. The van der Waals surface area contributed by atoms with Gasteiger partial charge in [0, 0.05) is 5.69 Å². The molecule has 0 atom stereocenters. The molecule has 0 spiro atoms. The second-order valence-corrected chi connectivity index (χ2v) is 5.84. The molecule has 2 nitrogen and oxygen atoms in total. The van der Waals surface area contributed by atoms with Crippen molar-refractivity contribution in [2.75, 3.05) is 0 Å². The van der Waals surface area contributed by atoms with E-state index in [-0.39, 0.29) is 0 Å². The zero-order valence-electron chi connectivity index (χ0n) is 13.1. The zero-order valence-corrected chi connectivity index (χ0v) is 13.1. The summed E-state index contributed by atoms with van der Waals surface area (Å²) in [5.74, 6) is 0. The van der Waals surface area contributed by atoms with Gasteiger partial charge in [0.15, 0.2) is 6.29 Å². The van der Waals surface area contributed by atoms with Crippen LogP contribution in [0.3, 0.4) is 0 Å². The molecule has 0 aliphatic heterocycles. The molecule has 0 amide bonds. The second kappa shape index (κ2) is 11.7. The first kappa shape index (κ1) is 17.0. The number of aromatic amines is 1. The maximum absolute atomic E-state index is 10.5. The van der Waals surface area contributed by atoms with E-state index in [9.17, 15) is 4.79 Å². The fraction of sp³-hybridized carbons (Fsp3) is 0.722.